The maximum atomic E-state index is 11.8. The molecule has 0 aliphatic rings. The van der Waals surface area contributed by atoms with Crippen LogP contribution in [0.3, 0.4) is 0 Å². The maximum absolute atomic E-state index is 11.8. The van der Waals surface area contributed by atoms with Gasteiger partial charge < -0.3 is 5.32 Å². The molecule has 0 unspecified atom stereocenters. The van der Waals surface area contributed by atoms with Gasteiger partial charge in [-0.05, 0) is 24.6 Å². The number of nitrogens with one attached hydrogen (secondary N) is 1. The molecule has 0 bridgehead atoms. The molecule has 1 N–H and O–H groups in total. The van der Waals surface area contributed by atoms with Crippen molar-refractivity contribution in [2.45, 2.75) is 19.5 Å². The Bertz CT molecular complexity index is 296. The summed E-state index contributed by atoms with van der Waals surface area (Å²) in [5, 5.41) is 2.61. The number of alkyl halides is 3. The van der Waals surface area contributed by atoms with Crippen molar-refractivity contribution in [2.75, 3.05) is 11.9 Å². The minimum absolute atomic E-state index is 0.139. The first-order valence-electron chi connectivity index (χ1n) is 4.21. The number of aryl methyl sites for hydroxylation is 1. The molecular weight excluding hydrogens is 193 g/mol. The lowest BCUT2D eigenvalue weighted by Crippen LogP contribution is -2.15. The normalized spacial score (nSPS) is 11.4. The lowest BCUT2D eigenvalue weighted by atomic mass is 10.3. The minimum atomic E-state index is -4.11. The third-order valence-electron chi connectivity index (χ3n) is 1.63. The van der Waals surface area contributed by atoms with Crippen molar-refractivity contribution in [3.8, 4) is 0 Å². The summed E-state index contributed by atoms with van der Waals surface area (Å²) >= 11 is 0. The fraction of sp³-hybridized carbons (Fsp3) is 0.444. The Morgan fingerprint density at radius 3 is 2.71 bits per heavy atom. The summed E-state index contributed by atoms with van der Waals surface area (Å²) in [6.07, 6.45) is -3.40. The number of rotatable bonds is 3. The molecule has 78 valence electrons. The van der Waals surface area contributed by atoms with Crippen molar-refractivity contribution in [3.05, 3.63) is 23.9 Å². The van der Waals surface area contributed by atoms with Gasteiger partial charge in [-0.15, -0.1) is 0 Å². The standard InChI is InChI=1S/C9H11F3N2/c1-7-2-4-13-8(6-7)14-5-3-9(10,11)12/h2,4,6H,3,5H2,1H3,(H,13,14). The van der Waals surface area contributed by atoms with E-state index in [0.29, 0.717) is 5.82 Å². The second-order valence-electron chi connectivity index (χ2n) is 3.01. The molecule has 0 atom stereocenters. The molecule has 0 aliphatic heterocycles. The van der Waals surface area contributed by atoms with E-state index in [1.165, 1.54) is 0 Å². The van der Waals surface area contributed by atoms with E-state index >= 15 is 0 Å². The fourth-order valence-electron chi connectivity index (χ4n) is 0.965. The molecule has 1 aromatic rings. The lowest BCUT2D eigenvalue weighted by Gasteiger charge is -2.08. The molecule has 2 nitrogen and oxygen atoms in total. The molecule has 0 saturated heterocycles. The summed E-state index contributed by atoms with van der Waals surface area (Å²) < 4.78 is 35.3. The predicted octanol–water partition coefficient (Wildman–Crippen LogP) is 2.75. The summed E-state index contributed by atoms with van der Waals surface area (Å²) in [6.45, 7) is 1.72. The van der Waals surface area contributed by atoms with Gasteiger partial charge in [-0.2, -0.15) is 13.2 Å². The van der Waals surface area contributed by atoms with Crippen molar-refractivity contribution in [2.24, 2.45) is 0 Å². The lowest BCUT2D eigenvalue weighted by molar-refractivity contribution is -0.131. The average Bonchev–Trinajstić information content (AvgIpc) is 2.01. The smallest absolute Gasteiger partial charge is 0.370 e. The van der Waals surface area contributed by atoms with Gasteiger partial charge in [0.25, 0.3) is 0 Å². The van der Waals surface area contributed by atoms with Crippen LogP contribution in [0.1, 0.15) is 12.0 Å². The Labute approximate surface area is 80.2 Å². The number of anilines is 1. The van der Waals surface area contributed by atoms with Crippen LogP contribution in [0.25, 0.3) is 0 Å². The largest absolute Gasteiger partial charge is 0.390 e. The van der Waals surface area contributed by atoms with Crippen LogP contribution >= 0.6 is 0 Å². The van der Waals surface area contributed by atoms with Crippen LogP contribution in [0, 0.1) is 6.92 Å². The summed E-state index contributed by atoms with van der Waals surface area (Å²) in [4.78, 5) is 3.88. The molecule has 0 radical (unpaired) electrons. The third kappa shape index (κ3) is 4.11. The summed E-state index contributed by atoms with van der Waals surface area (Å²) in [5.41, 5.74) is 0.967. The molecule has 0 saturated carbocycles. The van der Waals surface area contributed by atoms with E-state index in [2.05, 4.69) is 10.3 Å². The Morgan fingerprint density at radius 1 is 1.43 bits per heavy atom. The van der Waals surface area contributed by atoms with Gasteiger partial charge in [0.15, 0.2) is 0 Å². The molecular formula is C9H11F3N2. The van der Waals surface area contributed by atoms with Crippen molar-refractivity contribution in [3.63, 3.8) is 0 Å². The van der Waals surface area contributed by atoms with Crippen molar-refractivity contribution in [1.82, 2.24) is 4.98 Å². The van der Waals surface area contributed by atoms with Crippen LogP contribution < -0.4 is 5.32 Å². The van der Waals surface area contributed by atoms with Crippen molar-refractivity contribution < 1.29 is 13.2 Å². The monoisotopic (exact) mass is 204 g/mol. The summed E-state index contributed by atoms with van der Waals surface area (Å²) in [7, 11) is 0. The van der Waals surface area contributed by atoms with E-state index in [4.69, 9.17) is 0 Å². The average molecular weight is 204 g/mol. The number of aromatic nitrogens is 1. The second-order valence-corrected chi connectivity index (χ2v) is 3.01. The fourth-order valence-corrected chi connectivity index (χ4v) is 0.965. The van der Waals surface area contributed by atoms with Gasteiger partial charge in [0, 0.05) is 12.7 Å². The van der Waals surface area contributed by atoms with Gasteiger partial charge in [-0.1, -0.05) is 0 Å². The molecule has 1 aromatic heterocycles. The first-order chi connectivity index (χ1) is 6.47. The number of pyridine rings is 1. The van der Waals surface area contributed by atoms with Gasteiger partial charge in [-0.3, -0.25) is 0 Å². The maximum Gasteiger partial charge on any atom is 0.390 e. The number of hydrogen-bond acceptors (Lipinski definition) is 2. The Hall–Kier alpha value is -1.26. The van der Waals surface area contributed by atoms with Gasteiger partial charge in [-0.25, -0.2) is 4.98 Å². The molecule has 14 heavy (non-hydrogen) atoms. The zero-order chi connectivity index (χ0) is 10.6. The molecule has 5 heteroatoms. The van der Waals surface area contributed by atoms with Gasteiger partial charge in [0.1, 0.15) is 5.82 Å². The van der Waals surface area contributed by atoms with Gasteiger partial charge in [0.2, 0.25) is 0 Å². The highest BCUT2D eigenvalue weighted by Gasteiger charge is 2.26. The second kappa shape index (κ2) is 4.30. The number of nitrogens with zero attached hydrogens (tertiary/aromatic N) is 1. The first-order valence-corrected chi connectivity index (χ1v) is 4.21. The van der Waals surface area contributed by atoms with Gasteiger partial charge in [0.05, 0.1) is 6.42 Å². The predicted molar refractivity (Wildman–Crippen MR) is 48.1 cm³/mol. The molecule has 0 amide bonds. The molecule has 0 aromatic carbocycles. The number of hydrogen-bond donors (Lipinski definition) is 1. The van der Waals surface area contributed by atoms with Crippen molar-refractivity contribution >= 4 is 5.82 Å². The minimum Gasteiger partial charge on any atom is -0.370 e. The SMILES string of the molecule is Cc1ccnc(NCCC(F)(F)F)c1. The zero-order valence-electron chi connectivity index (χ0n) is 7.73. The molecule has 1 rings (SSSR count). The summed E-state index contributed by atoms with van der Waals surface area (Å²) in [5.74, 6) is 0.481. The highest BCUT2D eigenvalue weighted by molar-refractivity contribution is 5.36. The van der Waals surface area contributed by atoms with Crippen LogP contribution in [0.5, 0.6) is 0 Å². The van der Waals surface area contributed by atoms with E-state index in [-0.39, 0.29) is 6.54 Å². The van der Waals surface area contributed by atoms with Crippen LogP contribution in [-0.2, 0) is 0 Å². The van der Waals surface area contributed by atoms with E-state index in [9.17, 15) is 13.2 Å². The zero-order valence-corrected chi connectivity index (χ0v) is 7.73. The molecule has 1 heterocycles. The van der Waals surface area contributed by atoms with E-state index < -0.39 is 12.6 Å². The third-order valence-corrected chi connectivity index (χ3v) is 1.63. The topological polar surface area (TPSA) is 24.9 Å². The highest BCUT2D eigenvalue weighted by Crippen LogP contribution is 2.19. The van der Waals surface area contributed by atoms with E-state index in [1.807, 2.05) is 6.92 Å². The van der Waals surface area contributed by atoms with Crippen LogP contribution in [-0.4, -0.2) is 17.7 Å². The summed E-state index contributed by atoms with van der Waals surface area (Å²) in [6, 6.07) is 3.49. The quantitative estimate of drug-likeness (QED) is 0.818. The van der Waals surface area contributed by atoms with Gasteiger partial charge >= 0.3 is 6.18 Å². The molecule has 0 spiro atoms. The Kier molecular flexibility index (Phi) is 3.33. The highest BCUT2D eigenvalue weighted by atomic mass is 19.4. The molecule has 0 fully saturated rings. The van der Waals surface area contributed by atoms with E-state index in [0.717, 1.165) is 5.56 Å². The van der Waals surface area contributed by atoms with Crippen LogP contribution in [0.4, 0.5) is 19.0 Å². The van der Waals surface area contributed by atoms with E-state index in [1.54, 1.807) is 18.3 Å². The Balaban J connectivity index is 2.39. The number of halogens is 3. The first kappa shape index (κ1) is 10.8. The van der Waals surface area contributed by atoms with Crippen LogP contribution in [0.15, 0.2) is 18.3 Å². The van der Waals surface area contributed by atoms with Crippen LogP contribution in [0.2, 0.25) is 0 Å². The Morgan fingerprint density at radius 2 is 2.14 bits per heavy atom. The van der Waals surface area contributed by atoms with Crippen molar-refractivity contribution in [1.29, 1.82) is 0 Å². The molecule has 0 aliphatic carbocycles.